The number of hydrogen-bond donors (Lipinski definition) is 0. The predicted molar refractivity (Wildman–Crippen MR) is 125 cm³/mol. The zero-order valence-corrected chi connectivity index (χ0v) is 20.3. The second-order valence-corrected chi connectivity index (χ2v) is 10.7. The van der Waals surface area contributed by atoms with Crippen LogP contribution in [0.5, 0.6) is 0 Å². The Morgan fingerprint density at radius 1 is 1.10 bits per heavy atom. The Morgan fingerprint density at radius 2 is 1.87 bits per heavy atom. The van der Waals surface area contributed by atoms with Crippen molar-refractivity contribution in [2.45, 2.75) is 30.7 Å². The molecule has 1 aliphatic rings. The van der Waals surface area contributed by atoms with Crippen molar-refractivity contribution in [2.75, 3.05) is 45.8 Å². The largest absolute Gasteiger partial charge is 0.379 e. The lowest BCUT2D eigenvalue weighted by atomic mass is 9.85. The highest BCUT2D eigenvalue weighted by Gasteiger charge is 2.28. The van der Waals surface area contributed by atoms with Gasteiger partial charge in [0.25, 0.3) is 0 Å². The van der Waals surface area contributed by atoms with Crippen molar-refractivity contribution in [1.29, 1.82) is 0 Å². The number of ether oxygens (including phenoxy) is 2. The molecule has 1 atom stereocenters. The van der Waals surface area contributed by atoms with E-state index in [1.54, 1.807) is 24.3 Å². The molecule has 0 bridgehead atoms. The smallest absolute Gasteiger partial charge is 0.178 e. The molecule has 2 aromatic rings. The first-order chi connectivity index (χ1) is 14.8. The molecule has 0 fully saturated rings. The zero-order valence-electron chi connectivity index (χ0n) is 17.9. The first kappa shape index (κ1) is 24.5. The van der Waals surface area contributed by atoms with Gasteiger partial charge in [0.05, 0.1) is 23.9 Å². The number of nitrogens with zero attached hydrogens (tertiary/aromatic N) is 1. The molecule has 0 aromatic heterocycles. The average Bonchev–Trinajstić information content (AvgIpc) is 2.73. The van der Waals surface area contributed by atoms with E-state index in [0.717, 1.165) is 29.8 Å². The minimum Gasteiger partial charge on any atom is -0.379 e. The van der Waals surface area contributed by atoms with E-state index in [9.17, 15) is 8.42 Å². The summed E-state index contributed by atoms with van der Waals surface area (Å²) in [6.45, 7) is 5.47. The minimum absolute atomic E-state index is 0.00185. The number of likely N-dealkylation sites (N-methyl/N-ethyl adjacent to an activating group) is 1. The number of sulfone groups is 1. The van der Waals surface area contributed by atoms with E-state index < -0.39 is 9.84 Å². The first-order valence-electron chi connectivity index (χ1n) is 10.5. The number of halogens is 2. The Kier molecular flexibility index (Phi) is 8.79. The summed E-state index contributed by atoms with van der Waals surface area (Å²) >= 11 is 12.7. The van der Waals surface area contributed by atoms with E-state index >= 15 is 0 Å². The van der Waals surface area contributed by atoms with Crippen molar-refractivity contribution >= 4 is 33.0 Å². The molecule has 5 nitrogen and oxygen atoms in total. The molecule has 1 aliphatic heterocycles. The summed E-state index contributed by atoms with van der Waals surface area (Å²) in [5, 5.41) is 1.23. The fraction of sp³-hybridized carbons (Fsp3) is 0.478. The van der Waals surface area contributed by atoms with Crippen LogP contribution < -0.4 is 0 Å². The number of benzene rings is 2. The molecule has 0 aliphatic carbocycles. The van der Waals surface area contributed by atoms with Crippen LogP contribution in [0.4, 0.5) is 0 Å². The Labute approximate surface area is 195 Å². The predicted octanol–water partition coefficient (Wildman–Crippen LogP) is 4.79. The van der Waals surface area contributed by atoms with E-state index in [0.29, 0.717) is 47.8 Å². The van der Waals surface area contributed by atoms with Crippen LogP contribution >= 0.6 is 23.2 Å². The summed E-state index contributed by atoms with van der Waals surface area (Å²) in [7, 11) is -1.37. The third-order valence-electron chi connectivity index (χ3n) is 5.39. The van der Waals surface area contributed by atoms with Gasteiger partial charge >= 0.3 is 0 Å². The third-order valence-corrected chi connectivity index (χ3v) is 7.74. The van der Waals surface area contributed by atoms with Crippen LogP contribution in [-0.4, -0.2) is 59.1 Å². The van der Waals surface area contributed by atoms with E-state index in [4.69, 9.17) is 32.7 Å². The van der Waals surface area contributed by atoms with E-state index in [-0.39, 0.29) is 11.7 Å². The van der Waals surface area contributed by atoms with Crippen molar-refractivity contribution < 1.29 is 17.9 Å². The highest BCUT2D eigenvalue weighted by molar-refractivity contribution is 7.91. The quantitative estimate of drug-likeness (QED) is 0.452. The van der Waals surface area contributed by atoms with Crippen LogP contribution in [0.1, 0.15) is 36.0 Å². The molecule has 1 heterocycles. The molecule has 0 amide bonds. The normalized spacial score (nSPS) is 17.0. The lowest BCUT2D eigenvalue weighted by Crippen LogP contribution is -2.31. The molecule has 3 rings (SSSR count). The van der Waals surface area contributed by atoms with Gasteiger partial charge in [-0.05, 0) is 61.3 Å². The molecular weight excluding hydrogens is 457 g/mol. The molecule has 170 valence electrons. The topological polar surface area (TPSA) is 55.8 Å². The van der Waals surface area contributed by atoms with Crippen molar-refractivity contribution in [3.8, 4) is 0 Å². The standard InChI is InChI=1S/C23H29Cl2NO4S/c1-3-29-9-10-30-8-5-11-31(27,28)19-7-4-6-17(12-19)21-15-26(2)16-22-20(21)13-18(24)14-23(22)25/h4,6-7,12-14,21H,3,5,8-11,15-16H2,1-2H3/t21-/m0/s1. The van der Waals surface area contributed by atoms with Gasteiger partial charge in [-0.1, -0.05) is 35.3 Å². The number of fused-ring (bicyclic) bond motifs is 1. The van der Waals surface area contributed by atoms with Gasteiger partial charge in [0.1, 0.15) is 0 Å². The Hall–Kier alpha value is -1.15. The van der Waals surface area contributed by atoms with Crippen molar-refractivity contribution in [2.24, 2.45) is 0 Å². The Morgan fingerprint density at radius 3 is 2.65 bits per heavy atom. The molecular formula is C23H29Cl2NO4S. The Balaban J connectivity index is 1.75. The molecule has 0 spiro atoms. The monoisotopic (exact) mass is 485 g/mol. The summed E-state index contributed by atoms with van der Waals surface area (Å²) in [5.74, 6) is 0.0474. The van der Waals surface area contributed by atoms with Crippen molar-refractivity contribution in [3.63, 3.8) is 0 Å². The SMILES string of the molecule is CCOCCOCCCS(=O)(=O)c1cccc([C@@H]2CN(C)Cc3c(Cl)cc(Cl)cc32)c1. The van der Waals surface area contributed by atoms with Crippen LogP contribution in [0, 0.1) is 0 Å². The fourth-order valence-electron chi connectivity index (χ4n) is 3.89. The molecule has 31 heavy (non-hydrogen) atoms. The fourth-order valence-corrected chi connectivity index (χ4v) is 5.79. The van der Waals surface area contributed by atoms with E-state index in [2.05, 4.69) is 4.90 Å². The maximum absolute atomic E-state index is 12.9. The molecule has 0 saturated carbocycles. The number of hydrogen-bond acceptors (Lipinski definition) is 5. The van der Waals surface area contributed by atoms with Crippen molar-refractivity contribution in [3.05, 3.63) is 63.1 Å². The third kappa shape index (κ3) is 6.44. The molecule has 0 N–H and O–H groups in total. The van der Waals surface area contributed by atoms with Gasteiger partial charge in [-0.25, -0.2) is 8.42 Å². The Bertz CT molecular complexity index is 997. The zero-order chi connectivity index (χ0) is 22.4. The van der Waals surface area contributed by atoms with Crippen LogP contribution in [-0.2, 0) is 25.9 Å². The molecule has 0 saturated heterocycles. The maximum atomic E-state index is 12.9. The molecule has 0 radical (unpaired) electrons. The van der Waals surface area contributed by atoms with E-state index in [1.165, 1.54) is 0 Å². The average molecular weight is 486 g/mol. The van der Waals surface area contributed by atoms with Crippen LogP contribution in [0.15, 0.2) is 41.3 Å². The summed E-state index contributed by atoms with van der Waals surface area (Å²) in [6, 6.07) is 10.9. The van der Waals surface area contributed by atoms with Gasteiger partial charge in [-0.2, -0.15) is 0 Å². The molecule has 0 unspecified atom stereocenters. The molecule has 8 heteroatoms. The number of rotatable bonds is 10. The highest BCUT2D eigenvalue weighted by Crippen LogP contribution is 2.38. The van der Waals surface area contributed by atoms with Gasteiger partial charge in [0.2, 0.25) is 0 Å². The maximum Gasteiger partial charge on any atom is 0.178 e. The summed E-state index contributed by atoms with van der Waals surface area (Å²) < 4.78 is 36.4. The first-order valence-corrected chi connectivity index (χ1v) is 12.9. The lowest BCUT2D eigenvalue weighted by Gasteiger charge is -2.33. The van der Waals surface area contributed by atoms with Crippen LogP contribution in [0.25, 0.3) is 0 Å². The lowest BCUT2D eigenvalue weighted by molar-refractivity contribution is 0.0533. The van der Waals surface area contributed by atoms with Crippen molar-refractivity contribution in [1.82, 2.24) is 4.90 Å². The summed E-state index contributed by atoms with van der Waals surface area (Å²) in [6.07, 6.45) is 0.443. The van der Waals surface area contributed by atoms with Gasteiger partial charge in [-0.15, -0.1) is 0 Å². The van der Waals surface area contributed by atoms with Crippen LogP contribution in [0.3, 0.4) is 0 Å². The molecule has 2 aromatic carbocycles. The minimum atomic E-state index is -3.40. The van der Waals surface area contributed by atoms with Gasteiger partial charge in [0.15, 0.2) is 9.84 Å². The van der Waals surface area contributed by atoms with Crippen LogP contribution in [0.2, 0.25) is 10.0 Å². The summed E-state index contributed by atoms with van der Waals surface area (Å²) in [5.41, 5.74) is 3.05. The second kappa shape index (κ2) is 11.1. The second-order valence-electron chi connectivity index (χ2n) is 7.76. The highest BCUT2D eigenvalue weighted by atomic mass is 35.5. The summed E-state index contributed by atoms with van der Waals surface area (Å²) in [4.78, 5) is 2.52. The van der Waals surface area contributed by atoms with Gasteiger partial charge in [-0.3, -0.25) is 0 Å². The van der Waals surface area contributed by atoms with E-state index in [1.807, 2.05) is 26.1 Å². The van der Waals surface area contributed by atoms with Gasteiger partial charge < -0.3 is 14.4 Å². The van der Waals surface area contributed by atoms with Gasteiger partial charge in [0, 0.05) is 42.3 Å².